The summed E-state index contributed by atoms with van der Waals surface area (Å²) in [5.74, 6) is 0.496. The summed E-state index contributed by atoms with van der Waals surface area (Å²) in [6, 6.07) is 1.56. The predicted octanol–water partition coefficient (Wildman–Crippen LogP) is 1.06. The Morgan fingerprint density at radius 3 is 2.61 bits per heavy atom. The Labute approximate surface area is 112 Å². The van der Waals surface area contributed by atoms with Gasteiger partial charge in [-0.3, -0.25) is 4.79 Å². The Balaban J connectivity index is 2.70. The third kappa shape index (κ3) is 4.75. The maximum Gasteiger partial charge on any atom is 0.239 e. The van der Waals surface area contributed by atoms with Gasteiger partial charge in [-0.15, -0.1) is 0 Å². The number of amides is 1. The first-order valence-electron chi connectivity index (χ1n) is 5.49. The normalized spacial score (nSPS) is 11.2. The molecule has 0 atom stereocenters. The van der Waals surface area contributed by atoms with E-state index in [9.17, 15) is 4.79 Å². The molecule has 1 aromatic heterocycles. The maximum atomic E-state index is 11.8. The van der Waals surface area contributed by atoms with Crippen LogP contribution >= 0.6 is 11.6 Å². The number of carbonyl (C=O) groups excluding carboxylic acids is 1. The molecule has 1 rings (SSSR count). The number of hydrogen-bond donors (Lipinski definition) is 2. The molecule has 0 aliphatic carbocycles. The molecular formula is C11H18ClN5O. The molecule has 6 nitrogen and oxygen atoms in total. The van der Waals surface area contributed by atoms with Gasteiger partial charge in [-0.2, -0.15) is 4.98 Å². The van der Waals surface area contributed by atoms with E-state index in [0.29, 0.717) is 5.82 Å². The van der Waals surface area contributed by atoms with Gasteiger partial charge < -0.3 is 16.0 Å². The molecule has 0 saturated carbocycles. The lowest BCUT2D eigenvalue weighted by Gasteiger charge is -2.23. The summed E-state index contributed by atoms with van der Waals surface area (Å²) in [6.45, 7) is 5.93. The first kappa shape index (κ1) is 14.5. The molecule has 0 bridgehead atoms. The van der Waals surface area contributed by atoms with Gasteiger partial charge in [-0.1, -0.05) is 11.6 Å². The number of hydrogen-bond acceptors (Lipinski definition) is 5. The molecule has 1 aromatic rings. The number of nitrogens with zero attached hydrogens (tertiary/aromatic N) is 3. The standard InChI is InChI=1S/C11H18ClN5O/c1-11(2,3)16-9(18)6-17(4)8-5-7(12)14-10(13)15-8/h5H,6H2,1-4H3,(H,16,18)(H2,13,14,15). The second-order valence-electron chi connectivity index (χ2n) is 5.06. The van der Waals surface area contributed by atoms with Crippen LogP contribution < -0.4 is 16.0 Å². The summed E-state index contributed by atoms with van der Waals surface area (Å²) in [5, 5.41) is 3.11. The second-order valence-corrected chi connectivity index (χ2v) is 5.45. The summed E-state index contributed by atoms with van der Waals surface area (Å²) < 4.78 is 0. The highest BCUT2D eigenvalue weighted by Gasteiger charge is 2.16. The third-order valence-corrected chi connectivity index (χ3v) is 2.18. The van der Waals surface area contributed by atoms with Crippen LogP contribution in [-0.4, -0.2) is 35.0 Å². The lowest BCUT2D eigenvalue weighted by atomic mass is 10.1. The van der Waals surface area contributed by atoms with Crippen molar-refractivity contribution >= 4 is 29.3 Å². The van der Waals surface area contributed by atoms with Crippen LogP contribution in [0.3, 0.4) is 0 Å². The predicted molar refractivity (Wildman–Crippen MR) is 72.6 cm³/mol. The van der Waals surface area contributed by atoms with Crippen LogP contribution in [0.5, 0.6) is 0 Å². The van der Waals surface area contributed by atoms with Crippen LogP contribution in [0.15, 0.2) is 6.07 Å². The van der Waals surface area contributed by atoms with E-state index >= 15 is 0 Å². The van der Waals surface area contributed by atoms with Crippen LogP contribution in [-0.2, 0) is 4.79 Å². The van der Waals surface area contributed by atoms with Gasteiger partial charge in [0.15, 0.2) is 0 Å². The first-order chi connectivity index (χ1) is 8.17. The highest BCUT2D eigenvalue weighted by Crippen LogP contribution is 2.15. The van der Waals surface area contributed by atoms with Crippen LogP contribution in [0.25, 0.3) is 0 Å². The number of rotatable bonds is 3. The van der Waals surface area contributed by atoms with E-state index in [0.717, 1.165) is 0 Å². The number of nitrogen functional groups attached to an aromatic ring is 1. The Kier molecular flexibility index (Phi) is 4.34. The summed E-state index contributed by atoms with van der Waals surface area (Å²) >= 11 is 5.78. The zero-order valence-corrected chi connectivity index (χ0v) is 11.7. The zero-order chi connectivity index (χ0) is 13.9. The van der Waals surface area contributed by atoms with Gasteiger partial charge in [-0.05, 0) is 20.8 Å². The van der Waals surface area contributed by atoms with Gasteiger partial charge in [0, 0.05) is 18.7 Å². The minimum Gasteiger partial charge on any atom is -0.368 e. The fraction of sp³-hybridized carbons (Fsp3) is 0.545. The first-order valence-corrected chi connectivity index (χ1v) is 5.87. The largest absolute Gasteiger partial charge is 0.368 e. The number of likely N-dealkylation sites (N-methyl/N-ethyl adjacent to an activating group) is 1. The Morgan fingerprint density at radius 2 is 2.11 bits per heavy atom. The van der Waals surface area contributed by atoms with Crippen molar-refractivity contribution in [2.75, 3.05) is 24.2 Å². The van der Waals surface area contributed by atoms with Gasteiger partial charge >= 0.3 is 0 Å². The van der Waals surface area contributed by atoms with Crippen molar-refractivity contribution in [3.05, 3.63) is 11.2 Å². The van der Waals surface area contributed by atoms with Crippen LogP contribution in [0, 0.1) is 0 Å². The molecule has 0 radical (unpaired) electrons. The van der Waals surface area contributed by atoms with Crippen LogP contribution in [0.2, 0.25) is 5.15 Å². The highest BCUT2D eigenvalue weighted by molar-refractivity contribution is 6.29. The van der Waals surface area contributed by atoms with E-state index in [-0.39, 0.29) is 29.1 Å². The fourth-order valence-electron chi connectivity index (χ4n) is 1.37. The number of halogens is 1. The van der Waals surface area contributed by atoms with Crippen molar-refractivity contribution < 1.29 is 4.79 Å². The third-order valence-electron chi connectivity index (χ3n) is 1.98. The quantitative estimate of drug-likeness (QED) is 0.803. The van der Waals surface area contributed by atoms with E-state index in [1.807, 2.05) is 20.8 Å². The van der Waals surface area contributed by atoms with E-state index in [4.69, 9.17) is 17.3 Å². The number of nitrogens with one attached hydrogen (secondary N) is 1. The van der Waals surface area contributed by atoms with Crippen LogP contribution in [0.1, 0.15) is 20.8 Å². The van der Waals surface area contributed by atoms with E-state index in [1.54, 1.807) is 18.0 Å². The maximum absolute atomic E-state index is 11.8. The highest BCUT2D eigenvalue weighted by atomic mass is 35.5. The Morgan fingerprint density at radius 1 is 1.50 bits per heavy atom. The van der Waals surface area contributed by atoms with Gasteiger partial charge in [-0.25, -0.2) is 4.98 Å². The molecule has 3 N–H and O–H groups in total. The lowest BCUT2D eigenvalue weighted by Crippen LogP contribution is -2.45. The molecule has 100 valence electrons. The number of carbonyl (C=O) groups is 1. The average Bonchev–Trinajstić information content (AvgIpc) is 2.12. The van der Waals surface area contributed by atoms with Gasteiger partial charge in [0.1, 0.15) is 11.0 Å². The molecule has 0 spiro atoms. The minimum absolute atomic E-state index is 0.0839. The zero-order valence-electron chi connectivity index (χ0n) is 11.0. The van der Waals surface area contributed by atoms with Crippen LogP contribution in [0.4, 0.5) is 11.8 Å². The fourth-order valence-corrected chi connectivity index (χ4v) is 1.56. The van der Waals surface area contributed by atoms with Crippen molar-refractivity contribution in [1.29, 1.82) is 0 Å². The van der Waals surface area contributed by atoms with Gasteiger partial charge in [0.05, 0.1) is 6.54 Å². The lowest BCUT2D eigenvalue weighted by molar-refractivity contribution is -0.121. The topological polar surface area (TPSA) is 84.1 Å². The summed E-state index contributed by atoms with van der Waals surface area (Å²) in [7, 11) is 1.74. The summed E-state index contributed by atoms with van der Waals surface area (Å²) in [4.78, 5) is 21.2. The van der Waals surface area contributed by atoms with E-state index in [1.165, 1.54) is 0 Å². The monoisotopic (exact) mass is 271 g/mol. The van der Waals surface area contributed by atoms with Gasteiger partial charge in [0.25, 0.3) is 0 Å². The molecule has 1 amide bonds. The van der Waals surface area contributed by atoms with Crippen molar-refractivity contribution in [3.63, 3.8) is 0 Å². The molecular weight excluding hydrogens is 254 g/mol. The average molecular weight is 272 g/mol. The van der Waals surface area contributed by atoms with E-state index < -0.39 is 0 Å². The Bertz CT molecular complexity index is 423. The number of anilines is 2. The van der Waals surface area contributed by atoms with Gasteiger partial charge in [0.2, 0.25) is 11.9 Å². The molecule has 0 unspecified atom stereocenters. The molecule has 1 heterocycles. The summed E-state index contributed by atoms with van der Waals surface area (Å²) in [5.41, 5.74) is 5.23. The molecule has 0 fully saturated rings. The SMILES string of the molecule is CN(CC(=O)NC(C)(C)C)c1cc(Cl)nc(N)n1. The van der Waals surface area contributed by atoms with Crippen molar-refractivity contribution in [2.45, 2.75) is 26.3 Å². The minimum atomic E-state index is -0.264. The van der Waals surface area contributed by atoms with E-state index in [2.05, 4.69) is 15.3 Å². The molecule has 18 heavy (non-hydrogen) atoms. The Hall–Kier alpha value is -1.56. The molecule has 0 saturated heterocycles. The van der Waals surface area contributed by atoms with Crippen molar-refractivity contribution in [3.8, 4) is 0 Å². The van der Waals surface area contributed by atoms with Crippen molar-refractivity contribution in [2.24, 2.45) is 0 Å². The molecule has 0 aliphatic heterocycles. The smallest absolute Gasteiger partial charge is 0.239 e. The number of nitrogens with two attached hydrogens (primary N) is 1. The summed E-state index contributed by atoms with van der Waals surface area (Å²) in [6.07, 6.45) is 0. The molecule has 0 aromatic carbocycles. The molecule has 0 aliphatic rings. The number of aromatic nitrogens is 2. The molecule has 7 heteroatoms. The van der Waals surface area contributed by atoms with Crippen molar-refractivity contribution in [1.82, 2.24) is 15.3 Å². The second kappa shape index (κ2) is 5.39.